The average molecular weight is 430 g/mol. The molecular formula is C28H23N5. The standard InChI is InChI=1S/C28H23N5/c1-2-13-33-14-11-19(12-15-33)28-26-9-7-24(31-26)17-22-5-3-20(29-22)16-21-4-6-23(30-21)18-25-8-10-27(28)32-25/h2-12,14,16-18,29,31H,1,13,15H2. The second-order valence-corrected chi connectivity index (χ2v) is 8.27. The molecule has 0 aromatic carbocycles. The first-order valence-electron chi connectivity index (χ1n) is 11.0. The number of H-pyrrole nitrogens is 2. The fourth-order valence-corrected chi connectivity index (χ4v) is 4.33. The zero-order chi connectivity index (χ0) is 22.2. The molecule has 0 fully saturated rings. The van der Waals surface area contributed by atoms with Crippen molar-refractivity contribution in [2.75, 3.05) is 13.1 Å². The lowest BCUT2D eigenvalue weighted by molar-refractivity contribution is 0.459. The highest BCUT2D eigenvalue weighted by molar-refractivity contribution is 5.91. The Hall–Kier alpha value is -4.38. The molecular weight excluding hydrogens is 406 g/mol. The first kappa shape index (κ1) is 19.3. The van der Waals surface area contributed by atoms with E-state index < -0.39 is 0 Å². The number of nitrogens with zero attached hydrogens (tertiary/aromatic N) is 3. The van der Waals surface area contributed by atoms with Crippen LogP contribution in [0.3, 0.4) is 0 Å². The Bertz CT molecular complexity index is 1540. The van der Waals surface area contributed by atoms with E-state index in [4.69, 9.17) is 9.97 Å². The first-order valence-corrected chi connectivity index (χ1v) is 11.0. The summed E-state index contributed by atoms with van der Waals surface area (Å²) in [4.78, 5) is 18.9. The van der Waals surface area contributed by atoms with E-state index in [1.807, 2.05) is 30.4 Å². The Labute approximate surface area is 191 Å². The fraction of sp³-hybridized carbons (Fsp3) is 0.0714. The molecule has 5 nitrogen and oxygen atoms in total. The molecule has 160 valence electrons. The highest BCUT2D eigenvalue weighted by Crippen LogP contribution is 2.29. The van der Waals surface area contributed by atoms with Gasteiger partial charge >= 0.3 is 0 Å². The van der Waals surface area contributed by atoms with Gasteiger partial charge in [-0.05, 0) is 78.4 Å². The Morgan fingerprint density at radius 3 is 2.36 bits per heavy atom. The molecule has 2 N–H and O–H groups in total. The molecule has 0 atom stereocenters. The molecule has 3 aromatic rings. The number of rotatable bonds is 3. The molecule has 3 aliphatic rings. The number of nitrogens with one attached hydrogen (secondary N) is 2. The van der Waals surface area contributed by atoms with Gasteiger partial charge in [-0.3, -0.25) is 0 Å². The van der Waals surface area contributed by atoms with Crippen molar-refractivity contribution in [3.63, 3.8) is 0 Å². The maximum atomic E-state index is 4.95. The van der Waals surface area contributed by atoms with Crippen molar-refractivity contribution in [2.24, 2.45) is 0 Å². The molecule has 0 radical (unpaired) electrons. The zero-order valence-electron chi connectivity index (χ0n) is 18.1. The van der Waals surface area contributed by atoms with Crippen LogP contribution in [0.5, 0.6) is 0 Å². The molecule has 33 heavy (non-hydrogen) atoms. The number of allylic oxidation sites excluding steroid dienone is 2. The normalized spacial score (nSPS) is 14.5. The van der Waals surface area contributed by atoms with Gasteiger partial charge in [-0.25, -0.2) is 9.97 Å². The number of fused-ring (bicyclic) bond motifs is 8. The average Bonchev–Trinajstić information content (AvgIpc) is 3.61. The lowest BCUT2D eigenvalue weighted by atomic mass is 10.0. The predicted octanol–water partition coefficient (Wildman–Crippen LogP) is 6.05. The molecule has 0 amide bonds. The monoisotopic (exact) mass is 429 g/mol. The minimum Gasteiger partial charge on any atom is -0.370 e. The van der Waals surface area contributed by atoms with E-state index in [-0.39, 0.29) is 0 Å². The summed E-state index contributed by atoms with van der Waals surface area (Å²) in [6, 6.07) is 14.6. The Balaban J connectivity index is 1.61. The summed E-state index contributed by atoms with van der Waals surface area (Å²) < 4.78 is 0. The molecule has 0 unspecified atom stereocenters. The summed E-state index contributed by atoms with van der Waals surface area (Å²) in [5.74, 6) is 0. The third kappa shape index (κ3) is 3.85. The van der Waals surface area contributed by atoms with Crippen LogP contribution >= 0.6 is 0 Å². The fourth-order valence-electron chi connectivity index (χ4n) is 4.33. The minimum atomic E-state index is 0.829. The van der Waals surface area contributed by atoms with E-state index in [0.29, 0.717) is 0 Å². The van der Waals surface area contributed by atoms with Gasteiger partial charge in [0, 0.05) is 46.9 Å². The van der Waals surface area contributed by atoms with E-state index in [2.05, 4.69) is 82.3 Å². The third-order valence-corrected chi connectivity index (χ3v) is 5.88. The lowest BCUT2D eigenvalue weighted by Crippen LogP contribution is -2.19. The zero-order valence-corrected chi connectivity index (χ0v) is 18.1. The number of aromatic nitrogens is 4. The van der Waals surface area contributed by atoms with E-state index in [1.54, 1.807) is 0 Å². The van der Waals surface area contributed by atoms with Crippen LogP contribution in [0.1, 0.15) is 28.3 Å². The van der Waals surface area contributed by atoms with Gasteiger partial charge in [0.2, 0.25) is 0 Å². The van der Waals surface area contributed by atoms with Gasteiger partial charge < -0.3 is 14.9 Å². The quantitative estimate of drug-likeness (QED) is 0.343. The molecule has 8 bridgehead atoms. The molecule has 5 heteroatoms. The van der Waals surface area contributed by atoms with Crippen LogP contribution in [0.15, 0.2) is 73.5 Å². The van der Waals surface area contributed by atoms with Crippen LogP contribution in [-0.4, -0.2) is 37.9 Å². The van der Waals surface area contributed by atoms with Crippen LogP contribution < -0.4 is 0 Å². The SMILES string of the molecule is C=CCN1C=CC(c2c3nc(cc4nc(cc5ccc(cc6ccc2[nH]6)[nH]5)C=C4)C=C3)=CC1. The largest absolute Gasteiger partial charge is 0.370 e. The summed E-state index contributed by atoms with van der Waals surface area (Å²) in [6.07, 6.45) is 16.6. The second kappa shape index (κ2) is 7.95. The number of hydrogen-bond acceptors (Lipinski definition) is 3. The Morgan fingerprint density at radius 2 is 1.55 bits per heavy atom. The van der Waals surface area contributed by atoms with Crippen molar-refractivity contribution < 1.29 is 0 Å². The summed E-state index contributed by atoms with van der Waals surface area (Å²) in [5, 5.41) is 0. The smallest absolute Gasteiger partial charge is 0.0736 e. The Kier molecular flexibility index (Phi) is 4.65. The lowest BCUT2D eigenvalue weighted by Gasteiger charge is -2.21. The van der Waals surface area contributed by atoms with Crippen molar-refractivity contribution in [3.05, 3.63) is 102 Å². The maximum Gasteiger partial charge on any atom is 0.0736 e. The van der Waals surface area contributed by atoms with Crippen molar-refractivity contribution in [2.45, 2.75) is 0 Å². The number of aromatic amines is 2. The van der Waals surface area contributed by atoms with Crippen LogP contribution in [0.4, 0.5) is 0 Å². The molecule has 0 saturated carbocycles. The molecule has 3 aromatic heterocycles. The maximum absolute atomic E-state index is 4.95. The van der Waals surface area contributed by atoms with Crippen molar-refractivity contribution >= 4 is 51.9 Å². The summed E-state index contributed by atoms with van der Waals surface area (Å²) in [5.41, 5.74) is 10.0. The molecule has 6 heterocycles. The predicted molar refractivity (Wildman–Crippen MR) is 138 cm³/mol. The molecule has 0 aliphatic carbocycles. The highest BCUT2D eigenvalue weighted by Gasteiger charge is 2.14. The summed E-state index contributed by atoms with van der Waals surface area (Å²) in [7, 11) is 0. The topological polar surface area (TPSA) is 60.6 Å². The van der Waals surface area contributed by atoms with Gasteiger partial charge in [0.25, 0.3) is 0 Å². The van der Waals surface area contributed by atoms with Crippen LogP contribution in [0.25, 0.3) is 51.9 Å². The van der Waals surface area contributed by atoms with Crippen LogP contribution in [0, 0.1) is 0 Å². The molecule has 0 saturated heterocycles. The van der Waals surface area contributed by atoms with Gasteiger partial charge in [0.1, 0.15) is 0 Å². The molecule has 6 rings (SSSR count). The Morgan fingerprint density at radius 1 is 0.818 bits per heavy atom. The highest BCUT2D eigenvalue weighted by atomic mass is 15.1. The van der Waals surface area contributed by atoms with Crippen LogP contribution in [-0.2, 0) is 0 Å². The van der Waals surface area contributed by atoms with Crippen molar-refractivity contribution in [3.8, 4) is 0 Å². The second-order valence-electron chi connectivity index (χ2n) is 8.27. The minimum absolute atomic E-state index is 0.829. The summed E-state index contributed by atoms with van der Waals surface area (Å²) in [6.45, 7) is 5.51. The van der Waals surface area contributed by atoms with Gasteiger partial charge in [0.05, 0.1) is 22.8 Å². The van der Waals surface area contributed by atoms with Crippen LogP contribution in [0.2, 0.25) is 0 Å². The first-order chi connectivity index (χ1) is 16.2. The van der Waals surface area contributed by atoms with Gasteiger partial charge in [-0.15, -0.1) is 6.58 Å². The summed E-state index contributed by atoms with van der Waals surface area (Å²) >= 11 is 0. The molecule has 3 aliphatic heterocycles. The third-order valence-electron chi connectivity index (χ3n) is 5.88. The van der Waals surface area contributed by atoms with Gasteiger partial charge in [0.15, 0.2) is 0 Å². The van der Waals surface area contributed by atoms with E-state index in [1.165, 1.54) is 0 Å². The van der Waals surface area contributed by atoms with Crippen molar-refractivity contribution in [1.82, 2.24) is 24.8 Å². The van der Waals surface area contributed by atoms with Gasteiger partial charge in [-0.2, -0.15) is 0 Å². The van der Waals surface area contributed by atoms with Gasteiger partial charge in [-0.1, -0.05) is 12.2 Å². The number of hydrogen-bond donors (Lipinski definition) is 2. The molecule has 0 spiro atoms. The van der Waals surface area contributed by atoms with E-state index in [9.17, 15) is 0 Å². The van der Waals surface area contributed by atoms with E-state index >= 15 is 0 Å². The van der Waals surface area contributed by atoms with Crippen molar-refractivity contribution in [1.29, 1.82) is 0 Å². The van der Waals surface area contributed by atoms with E-state index in [0.717, 1.165) is 69.1 Å².